The number of rotatable bonds is 2. The van der Waals surface area contributed by atoms with Gasteiger partial charge in [-0.1, -0.05) is 51.1 Å². The van der Waals surface area contributed by atoms with Gasteiger partial charge >= 0.3 is 0 Å². The molecule has 0 N–H and O–H groups in total. The highest BCUT2D eigenvalue weighted by Gasteiger charge is 2.22. The average molecular weight is 359 g/mol. The molecule has 0 aliphatic carbocycles. The van der Waals surface area contributed by atoms with E-state index in [-0.39, 0.29) is 5.41 Å². The third-order valence-corrected chi connectivity index (χ3v) is 5.26. The topological polar surface area (TPSA) is 17.0 Å². The van der Waals surface area contributed by atoms with Crippen molar-refractivity contribution < 1.29 is 8.98 Å². The molecule has 2 aromatic carbocycles. The first-order valence-corrected chi connectivity index (χ1v) is 9.65. The third kappa shape index (κ3) is 3.14. The maximum absolute atomic E-state index is 6.40. The summed E-state index contributed by atoms with van der Waals surface area (Å²) in [6, 6.07) is 15.3. The molecule has 2 heteroatoms. The van der Waals surface area contributed by atoms with Crippen LogP contribution in [0.25, 0.3) is 33.2 Å². The molecular weight excluding hydrogens is 330 g/mol. The van der Waals surface area contributed by atoms with Crippen LogP contribution >= 0.6 is 0 Å². The number of hydrogen-bond donors (Lipinski definition) is 0. The van der Waals surface area contributed by atoms with E-state index in [1.807, 2.05) is 0 Å². The van der Waals surface area contributed by atoms with E-state index in [0.29, 0.717) is 0 Å². The lowest BCUT2D eigenvalue weighted by Crippen LogP contribution is -2.32. The summed E-state index contributed by atoms with van der Waals surface area (Å²) in [5, 5.41) is 2.38. The maximum atomic E-state index is 6.40. The standard InChI is InChI=1S/C25H28NO/c1-16-10-12-20-19-9-7-8-17(2)23(19)27-24(20)22(16)21-13-11-18(15-26(21)6)14-25(3,4)5/h7-13,15H,14H2,1-6H3/q+1. The average Bonchev–Trinajstić information content (AvgIpc) is 2.94. The maximum Gasteiger partial charge on any atom is 0.216 e. The Kier molecular flexibility index (Phi) is 4.10. The Balaban J connectivity index is 1.95. The molecule has 0 saturated carbocycles. The number of aromatic nitrogens is 1. The van der Waals surface area contributed by atoms with Crippen molar-refractivity contribution in [1.82, 2.24) is 0 Å². The number of hydrogen-bond acceptors (Lipinski definition) is 1. The highest BCUT2D eigenvalue weighted by atomic mass is 16.3. The molecule has 4 aromatic rings. The van der Waals surface area contributed by atoms with Gasteiger partial charge in [-0.3, -0.25) is 0 Å². The van der Waals surface area contributed by atoms with Crippen LogP contribution in [0.15, 0.2) is 53.1 Å². The normalized spacial score (nSPS) is 12.2. The fourth-order valence-corrected chi connectivity index (χ4v) is 4.06. The van der Waals surface area contributed by atoms with Crippen LogP contribution in [-0.4, -0.2) is 0 Å². The zero-order valence-corrected chi connectivity index (χ0v) is 17.2. The summed E-state index contributed by atoms with van der Waals surface area (Å²) in [5.41, 5.74) is 8.40. The number of benzene rings is 2. The molecule has 138 valence electrons. The monoisotopic (exact) mass is 358 g/mol. The number of pyridine rings is 1. The summed E-state index contributed by atoms with van der Waals surface area (Å²) in [5.74, 6) is 0. The minimum absolute atomic E-state index is 0.278. The Morgan fingerprint density at radius 3 is 2.30 bits per heavy atom. The molecule has 2 heterocycles. The first-order valence-electron chi connectivity index (χ1n) is 9.65. The van der Waals surface area contributed by atoms with E-state index >= 15 is 0 Å². The molecule has 0 atom stereocenters. The molecule has 2 aromatic heterocycles. The zero-order chi connectivity index (χ0) is 19.3. The Hall–Kier alpha value is -2.61. The van der Waals surface area contributed by atoms with E-state index in [9.17, 15) is 0 Å². The van der Waals surface area contributed by atoms with Gasteiger partial charge < -0.3 is 4.42 Å². The second kappa shape index (κ2) is 6.23. The van der Waals surface area contributed by atoms with E-state index in [0.717, 1.165) is 17.6 Å². The van der Waals surface area contributed by atoms with Gasteiger partial charge in [0.25, 0.3) is 0 Å². The molecule has 4 rings (SSSR count). The summed E-state index contributed by atoms with van der Waals surface area (Å²) in [6.07, 6.45) is 3.32. The molecule has 0 aliphatic heterocycles. The molecule has 0 amide bonds. The number of para-hydroxylation sites is 1. The molecular formula is C25H28NO+. The van der Waals surface area contributed by atoms with Crippen LogP contribution in [0.1, 0.15) is 37.5 Å². The van der Waals surface area contributed by atoms with Crippen molar-refractivity contribution in [2.75, 3.05) is 0 Å². The van der Waals surface area contributed by atoms with Gasteiger partial charge in [0, 0.05) is 22.4 Å². The summed E-state index contributed by atoms with van der Waals surface area (Å²) in [7, 11) is 2.13. The number of nitrogens with zero attached hydrogens (tertiary/aromatic N) is 1. The molecule has 0 fully saturated rings. The predicted molar refractivity (Wildman–Crippen MR) is 113 cm³/mol. The van der Waals surface area contributed by atoms with Crippen LogP contribution in [0.2, 0.25) is 0 Å². The quantitative estimate of drug-likeness (QED) is 0.385. The fraction of sp³-hybridized carbons (Fsp3) is 0.320. The van der Waals surface area contributed by atoms with Gasteiger partial charge in [0.2, 0.25) is 5.69 Å². The van der Waals surface area contributed by atoms with Crippen LogP contribution in [0.3, 0.4) is 0 Å². The van der Waals surface area contributed by atoms with Crippen molar-refractivity contribution in [1.29, 1.82) is 0 Å². The van der Waals surface area contributed by atoms with Crippen molar-refractivity contribution in [2.24, 2.45) is 12.5 Å². The molecule has 0 spiro atoms. The van der Waals surface area contributed by atoms with Crippen molar-refractivity contribution >= 4 is 21.9 Å². The first kappa shape index (κ1) is 17.8. The molecule has 27 heavy (non-hydrogen) atoms. The van der Waals surface area contributed by atoms with Gasteiger partial charge in [0.15, 0.2) is 6.20 Å². The van der Waals surface area contributed by atoms with Gasteiger partial charge in [0.1, 0.15) is 18.2 Å². The Labute approximate surface area is 161 Å². The number of aryl methyl sites for hydroxylation is 3. The van der Waals surface area contributed by atoms with Gasteiger partial charge in [-0.15, -0.1) is 0 Å². The number of fused-ring (bicyclic) bond motifs is 3. The van der Waals surface area contributed by atoms with Crippen molar-refractivity contribution in [3.05, 3.63) is 65.4 Å². The Morgan fingerprint density at radius 2 is 1.59 bits per heavy atom. The van der Waals surface area contributed by atoms with Gasteiger partial charge in [-0.05, 0) is 42.9 Å². The van der Waals surface area contributed by atoms with Crippen LogP contribution < -0.4 is 4.57 Å². The molecule has 2 nitrogen and oxygen atoms in total. The van der Waals surface area contributed by atoms with E-state index in [1.165, 1.54) is 38.7 Å². The molecule has 0 bridgehead atoms. The van der Waals surface area contributed by atoms with Crippen molar-refractivity contribution in [3.8, 4) is 11.3 Å². The molecule has 0 aliphatic rings. The lowest BCUT2D eigenvalue weighted by atomic mass is 9.88. The molecule has 0 radical (unpaired) electrons. The third-order valence-electron chi connectivity index (χ3n) is 5.26. The highest BCUT2D eigenvalue weighted by molar-refractivity contribution is 6.10. The molecule has 0 saturated heterocycles. The molecule has 0 unspecified atom stereocenters. The summed E-state index contributed by atoms with van der Waals surface area (Å²) < 4.78 is 8.64. The van der Waals surface area contributed by atoms with E-state index in [2.05, 4.69) is 94.9 Å². The summed E-state index contributed by atoms with van der Waals surface area (Å²) >= 11 is 0. The van der Waals surface area contributed by atoms with E-state index in [4.69, 9.17) is 4.42 Å². The van der Waals surface area contributed by atoms with Gasteiger partial charge in [-0.2, -0.15) is 0 Å². The first-order chi connectivity index (χ1) is 12.7. The second-order valence-corrected chi connectivity index (χ2v) is 8.96. The van der Waals surface area contributed by atoms with Crippen LogP contribution in [0, 0.1) is 19.3 Å². The number of furan rings is 1. The fourth-order valence-electron chi connectivity index (χ4n) is 4.06. The van der Waals surface area contributed by atoms with Crippen molar-refractivity contribution in [2.45, 2.75) is 41.0 Å². The Bertz CT molecular complexity index is 1160. The van der Waals surface area contributed by atoms with Crippen LogP contribution in [0.5, 0.6) is 0 Å². The predicted octanol–water partition coefficient (Wildman–Crippen LogP) is 6.28. The van der Waals surface area contributed by atoms with Crippen LogP contribution in [0.4, 0.5) is 0 Å². The lowest BCUT2D eigenvalue weighted by molar-refractivity contribution is -0.660. The smallest absolute Gasteiger partial charge is 0.216 e. The van der Waals surface area contributed by atoms with Gasteiger partial charge in [0.05, 0.1) is 5.56 Å². The summed E-state index contributed by atoms with van der Waals surface area (Å²) in [4.78, 5) is 0. The zero-order valence-electron chi connectivity index (χ0n) is 17.2. The van der Waals surface area contributed by atoms with Crippen molar-refractivity contribution in [3.63, 3.8) is 0 Å². The minimum Gasteiger partial charge on any atom is -0.455 e. The van der Waals surface area contributed by atoms with E-state index in [1.54, 1.807) is 0 Å². The minimum atomic E-state index is 0.278. The lowest BCUT2D eigenvalue weighted by Gasteiger charge is -2.17. The largest absolute Gasteiger partial charge is 0.455 e. The summed E-state index contributed by atoms with van der Waals surface area (Å²) in [6.45, 7) is 11.1. The van der Waals surface area contributed by atoms with E-state index < -0.39 is 0 Å². The highest BCUT2D eigenvalue weighted by Crippen LogP contribution is 2.37. The Morgan fingerprint density at radius 1 is 0.852 bits per heavy atom. The van der Waals surface area contributed by atoms with Crippen LogP contribution in [-0.2, 0) is 13.5 Å². The van der Waals surface area contributed by atoms with Gasteiger partial charge in [-0.25, -0.2) is 4.57 Å². The second-order valence-electron chi connectivity index (χ2n) is 8.96. The SMILES string of the molecule is Cc1ccc2c(oc3c(C)cccc32)c1-c1ccc(CC(C)(C)C)c[n+]1C.